The second-order valence-electron chi connectivity index (χ2n) is 3.94. The maximum Gasteiger partial charge on any atom is 0.573 e. The zero-order valence-corrected chi connectivity index (χ0v) is 10.4. The van der Waals surface area contributed by atoms with Crippen LogP contribution in [0.4, 0.5) is 19.0 Å². The van der Waals surface area contributed by atoms with Crippen molar-refractivity contribution in [2.45, 2.75) is 13.3 Å². The van der Waals surface area contributed by atoms with Crippen LogP contribution in [0.15, 0.2) is 30.3 Å². The molecule has 1 aromatic heterocycles. The van der Waals surface area contributed by atoms with Crippen molar-refractivity contribution in [1.82, 2.24) is 9.97 Å². The zero-order valence-electron chi connectivity index (χ0n) is 10.4. The Kier molecular flexibility index (Phi) is 3.75. The molecule has 0 unspecified atom stereocenters. The number of hydrogen-bond acceptors (Lipinski definition) is 5. The lowest BCUT2D eigenvalue weighted by molar-refractivity contribution is -0.274. The minimum absolute atomic E-state index is 0.255. The molecule has 20 heavy (non-hydrogen) atoms. The molecule has 0 saturated heterocycles. The molecule has 0 aliphatic heterocycles. The van der Waals surface area contributed by atoms with Crippen molar-refractivity contribution in [3.05, 3.63) is 36.0 Å². The summed E-state index contributed by atoms with van der Waals surface area (Å²) in [5.74, 6) is 5.56. The van der Waals surface area contributed by atoms with Gasteiger partial charge < -0.3 is 10.2 Å². The molecular weight excluding hydrogens is 273 g/mol. The Hall–Kier alpha value is -2.35. The molecule has 1 aromatic carbocycles. The Balaban J connectivity index is 2.38. The van der Waals surface area contributed by atoms with Crippen molar-refractivity contribution in [3.63, 3.8) is 0 Å². The van der Waals surface area contributed by atoms with Gasteiger partial charge >= 0.3 is 6.36 Å². The van der Waals surface area contributed by atoms with Gasteiger partial charge in [0, 0.05) is 17.3 Å². The van der Waals surface area contributed by atoms with E-state index < -0.39 is 6.36 Å². The van der Waals surface area contributed by atoms with Gasteiger partial charge in [0.15, 0.2) is 5.82 Å². The van der Waals surface area contributed by atoms with E-state index in [1.54, 1.807) is 19.1 Å². The van der Waals surface area contributed by atoms with Gasteiger partial charge in [-0.05, 0) is 19.1 Å². The Labute approximate surface area is 112 Å². The van der Waals surface area contributed by atoms with Crippen LogP contribution < -0.4 is 16.0 Å². The monoisotopic (exact) mass is 284 g/mol. The molecule has 0 aliphatic carbocycles. The van der Waals surface area contributed by atoms with Gasteiger partial charge in [0.05, 0.1) is 0 Å². The third-order valence-electron chi connectivity index (χ3n) is 2.33. The maximum atomic E-state index is 12.2. The molecule has 0 amide bonds. The number of alkyl halides is 3. The molecule has 2 aromatic rings. The van der Waals surface area contributed by atoms with E-state index in [0.717, 1.165) is 0 Å². The first kappa shape index (κ1) is 14.1. The lowest BCUT2D eigenvalue weighted by atomic mass is 10.2. The van der Waals surface area contributed by atoms with Gasteiger partial charge in [-0.1, -0.05) is 12.1 Å². The highest BCUT2D eigenvalue weighted by Crippen LogP contribution is 2.27. The SMILES string of the molecule is Cc1cc(NN)nc(-c2cccc(OC(F)(F)F)c2)n1. The molecule has 0 bridgehead atoms. The Morgan fingerprint density at radius 1 is 1.20 bits per heavy atom. The van der Waals surface area contributed by atoms with E-state index in [0.29, 0.717) is 17.1 Å². The molecule has 3 N–H and O–H groups in total. The van der Waals surface area contributed by atoms with Crippen LogP contribution in [0.3, 0.4) is 0 Å². The summed E-state index contributed by atoms with van der Waals surface area (Å²) in [4.78, 5) is 8.22. The number of nitrogen functional groups attached to an aromatic ring is 1. The number of nitrogens with two attached hydrogens (primary N) is 1. The van der Waals surface area contributed by atoms with Crippen molar-refractivity contribution < 1.29 is 17.9 Å². The van der Waals surface area contributed by atoms with Crippen LogP contribution in [-0.4, -0.2) is 16.3 Å². The average Bonchev–Trinajstić information content (AvgIpc) is 2.36. The molecule has 0 radical (unpaired) electrons. The number of rotatable bonds is 3. The lowest BCUT2D eigenvalue weighted by Gasteiger charge is -2.10. The number of ether oxygens (including phenoxy) is 1. The van der Waals surface area contributed by atoms with Crippen molar-refractivity contribution in [1.29, 1.82) is 0 Å². The number of nitrogens with zero attached hydrogens (tertiary/aromatic N) is 2. The Bertz CT molecular complexity index is 616. The van der Waals surface area contributed by atoms with Gasteiger partial charge in [-0.2, -0.15) is 0 Å². The molecule has 0 aliphatic rings. The maximum absolute atomic E-state index is 12.2. The topological polar surface area (TPSA) is 73.1 Å². The number of hydrogen-bond donors (Lipinski definition) is 2. The highest BCUT2D eigenvalue weighted by Gasteiger charge is 2.31. The third kappa shape index (κ3) is 3.58. The Morgan fingerprint density at radius 2 is 1.95 bits per heavy atom. The molecule has 0 saturated carbocycles. The second-order valence-corrected chi connectivity index (χ2v) is 3.94. The van der Waals surface area contributed by atoms with E-state index >= 15 is 0 Å². The minimum Gasteiger partial charge on any atom is -0.406 e. The summed E-state index contributed by atoms with van der Waals surface area (Å²) < 4.78 is 40.4. The number of hydrazine groups is 1. The highest BCUT2D eigenvalue weighted by atomic mass is 19.4. The fourth-order valence-corrected chi connectivity index (χ4v) is 1.60. The average molecular weight is 284 g/mol. The van der Waals surface area contributed by atoms with Crippen LogP contribution >= 0.6 is 0 Å². The number of aromatic nitrogens is 2. The summed E-state index contributed by atoms with van der Waals surface area (Å²) >= 11 is 0. The van der Waals surface area contributed by atoms with Gasteiger partial charge in [-0.15, -0.1) is 13.2 Å². The van der Waals surface area contributed by atoms with E-state index in [-0.39, 0.29) is 11.6 Å². The largest absolute Gasteiger partial charge is 0.573 e. The quantitative estimate of drug-likeness (QED) is 0.669. The summed E-state index contributed by atoms with van der Waals surface area (Å²) in [6.07, 6.45) is -4.74. The normalized spacial score (nSPS) is 11.2. The van der Waals surface area contributed by atoms with E-state index in [2.05, 4.69) is 20.1 Å². The lowest BCUT2D eigenvalue weighted by Crippen LogP contribution is -2.17. The number of benzene rings is 1. The Morgan fingerprint density at radius 3 is 2.60 bits per heavy atom. The van der Waals surface area contributed by atoms with Crippen LogP contribution in [0.5, 0.6) is 5.75 Å². The van der Waals surface area contributed by atoms with Crippen LogP contribution in [0.25, 0.3) is 11.4 Å². The first-order chi connectivity index (χ1) is 9.37. The van der Waals surface area contributed by atoms with E-state index in [9.17, 15) is 13.2 Å². The molecule has 0 fully saturated rings. The fourth-order valence-electron chi connectivity index (χ4n) is 1.60. The van der Waals surface area contributed by atoms with Crippen molar-refractivity contribution in [3.8, 4) is 17.1 Å². The van der Waals surface area contributed by atoms with E-state index in [1.165, 1.54) is 18.2 Å². The molecule has 2 rings (SSSR count). The van der Waals surface area contributed by atoms with Crippen LogP contribution in [0.2, 0.25) is 0 Å². The highest BCUT2D eigenvalue weighted by molar-refractivity contribution is 5.59. The summed E-state index contributed by atoms with van der Waals surface area (Å²) in [6.45, 7) is 1.72. The molecule has 0 spiro atoms. The predicted octanol–water partition coefficient (Wildman–Crippen LogP) is 2.64. The van der Waals surface area contributed by atoms with Gasteiger partial charge in [0.25, 0.3) is 0 Å². The predicted molar refractivity (Wildman–Crippen MR) is 66.7 cm³/mol. The summed E-state index contributed by atoms with van der Waals surface area (Å²) in [6, 6.07) is 7.03. The van der Waals surface area contributed by atoms with E-state index in [1.807, 2.05) is 0 Å². The third-order valence-corrected chi connectivity index (χ3v) is 2.33. The van der Waals surface area contributed by atoms with Gasteiger partial charge in [-0.25, -0.2) is 15.8 Å². The minimum atomic E-state index is -4.74. The fraction of sp³-hybridized carbons (Fsp3) is 0.167. The van der Waals surface area contributed by atoms with Crippen LogP contribution in [0, 0.1) is 6.92 Å². The van der Waals surface area contributed by atoms with Crippen molar-refractivity contribution >= 4 is 5.82 Å². The van der Waals surface area contributed by atoms with Crippen LogP contribution in [0.1, 0.15) is 5.69 Å². The summed E-state index contributed by atoms with van der Waals surface area (Å²) in [7, 11) is 0. The second kappa shape index (κ2) is 5.33. The van der Waals surface area contributed by atoms with Crippen LogP contribution in [-0.2, 0) is 0 Å². The molecule has 1 heterocycles. The zero-order chi connectivity index (χ0) is 14.8. The molecule has 106 valence electrons. The van der Waals surface area contributed by atoms with Gasteiger partial charge in [0.1, 0.15) is 11.6 Å². The number of nitrogens with one attached hydrogen (secondary N) is 1. The smallest absolute Gasteiger partial charge is 0.406 e. The first-order valence-electron chi connectivity index (χ1n) is 5.56. The number of anilines is 1. The summed E-state index contributed by atoms with van der Waals surface area (Å²) in [5.41, 5.74) is 3.39. The van der Waals surface area contributed by atoms with E-state index in [4.69, 9.17) is 5.84 Å². The standard InChI is InChI=1S/C12H11F3N4O/c1-7-5-10(19-16)18-11(17-7)8-3-2-4-9(6-8)20-12(13,14)15/h2-6H,16H2,1H3,(H,17,18,19). The molecule has 8 heteroatoms. The molecular formula is C12H11F3N4O. The van der Waals surface area contributed by atoms with Crippen molar-refractivity contribution in [2.24, 2.45) is 5.84 Å². The van der Waals surface area contributed by atoms with Crippen molar-refractivity contribution in [2.75, 3.05) is 5.43 Å². The van der Waals surface area contributed by atoms with Gasteiger partial charge in [0.2, 0.25) is 0 Å². The molecule has 5 nitrogen and oxygen atoms in total. The number of halogens is 3. The van der Waals surface area contributed by atoms with Gasteiger partial charge in [-0.3, -0.25) is 0 Å². The molecule has 0 atom stereocenters. The number of aryl methyl sites for hydroxylation is 1. The summed E-state index contributed by atoms with van der Waals surface area (Å²) in [5, 5.41) is 0. The first-order valence-corrected chi connectivity index (χ1v) is 5.56.